The molecular weight excluding hydrogens is 444 g/mol. The van der Waals surface area contributed by atoms with Gasteiger partial charge in [0, 0.05) is 18.3 Å². The molecule has 0 aliphatic heterocycles. The first-order chi connectivity index (χ1) is 15.5. The zero-order chi connectivity index (χ0) is 24.5. The first kappa shape index (κ1) is 24.5. The van der Waals surface area contributed by atoms with E-state index in [0.717, 1.165) is 9.87 Å². The third-order valence-electron chi connectivity index (χ3n) is 5.89. The largest absolute Gasteiger partial charge is 0.468 e. The Morgan fingerprint density at radius 1 is 1.12 bits per heavy atom. The highest BCUT2D eigenvalue weighted by Crippen LogP contribution is 2.28. The van der Waals surface area contributed by atoms with Crippen LogP contribution in [-0.2, 0) is 28.4 Å². The third kappa shape index (κ3) is 4.51. The fraction of sp³-hybridized carbons (Fsp3) is 0.333. The van der Waals surface area contributed by atoms with Gasteiger partial charge in [-0.05, 0) is 57.5 Å². The molecule has 0 radical (unpaired) electrons. The van der Waals surface area contributed by atoms with Crippen molar-refractivity contribution < 1.29 is 27.2 Å². The second-order valence-corrected chi connectivity index (χ2v) is 9.86. The summed E-state index contributed by atoms with van der Waals surface area (Å²) in [5, 5.41) is 0. The Labute approximate surface area is 193 Å². The van der Waals surface area contributed by atoms with Crippen LogP contribution < -0.4 is 0 Å². The molecule has 8 nitrogen and oxygen atoms in total. The smallest absolute Gasteiger partial charge is 0.354 e. The monoisotopic (exact) mass is 472 g/mol. The summed E-state index contributed by atoms with van der Waals surface area (Å²) >= 11 is 0. The fourth-order valence-electron chi connectivity index (χ4n) is 3.90. The quantitative estimate of drug-likeness (QED) is 0.365. The van der Waals surface area contributed by atoms with E-state index in [2.05, 4.69) is 0 Å². The second-order valence-electron chi connectivity index (χ2n) is 7.97. The number of aromatic nitrogens is 1. The van der Waals surface area contributed by atoms with Crippen LogP contribution in [0.15, 0.2) is 52.0 Å². The predicted octanol–water partition coefficient (Wildman–Crippen LogP) is 3.79. The maximum Gasteiger partial charge on any atom is 0.354 e. The summed E-state index contributed by atoms with van der Waals surface area (Å²) in [5.41, 5.74) is 2.47. The lowest BCUT2D eigenvalue weighted by molar-refractivity contribution is 0.0588. The molecule has 1 atom stereocenters. The SMILES string of the molecule is COC(=O)c1c(C)c(C(=O)C(C)N(Cc2ccco2)S(=O)(=O)c2ccc(C)cc2)c(C)n1C. The molecule has 1 unspecified atom stereocenters. The molecule has 2 aromatic heterocycles. The zero-order valence-corrected chi connectivity index (χ0v) is 20.4. The number of Topliss-reactive ketones (excluding diaryl/α,β-unsaturated/α-hetero) is 1. The van der Waals surface area contributed by atoms with Crippen molar-refractivity contribution in [1.29, 1.82) is 0 Å². The van der Waals surface area contributed by atoms with Gasteiger partial charge in [0.2, 0.25) is 10.0 Å². The number of benzene rings is 1. The van der Waals surface area contributed by atoms with Gasteiger partial charge in [0.15, 0.2) is 5.78 Å². The number of furan rings is 1. The Hall–Kier alpha value is -3.17. The Bertz CT molecular complexity index is 1270. The Morgan fingerprint density at radius 2 is 1.76 bits per heavy atom. The van der Waals surface area contributed by atoms with Gasteiger partial charge >= 0.3 is 5.97 Å². The van der Waals surface area contributed by atoms with Crippen LogP contribution in [0.5, 0.6) is 0 Å². The molecule has 0 aliphatic carbocycles. The van der Waals surface area contributed by atoms with Crippen LogP contribution in [0.2, 0.25) is 0 Å². The van der Waals surface area contributed by atoms with Gasteiger partial charge in [-0.1, -0.05) is 17.7 Å². The maximum atomic E-state index is 13.7. The van der Waals surface area contributed by atoms with E-state index in [0.29, 0.717) is 22.6 Å². The zero-order valence-electron chi connectivity index (χ0n) is 19.6. The van der Waals surface area contributed by atoms with Crippen molar-refractivity contribution in [2.75, 3.05) is 7.11 Å². The normalized spacial score (nSPS) is 12.7. The average molecular weight is 473 g/mol. The molecule has 2 heterocycles. The first-order valence-corrected chi connectivity index (χ1v) is 11.8. The number of ether oxygens (including phenoxy) is 1. The number of carbonyl (C=O) groups excluding carboxylic acids is 2. The lowest BCUT2D eigenvalue weighted by atomic mass is 10.0. The Morgan fingerprint density at radius 3 is 2.30 bits per heavy atom. The van der Waals surface area contributed by atoms with Gasteiger partial charge < -0.3 is 13.7 Å². The minimum absolute atomic E-state index is 0.0797. The summed E-state index contributed by atoms with van der Waals surface area (Å²) in [6.07, 6.45) is 1.45. The van der Waals surface area contributed by atoms with Crippen LogP contribution in [-0.4, -0.2) is 42.2 Å². The number of esters is 1. The molecule has 9 heteroatoms. The average Bonchev–Trinajstić information content (AvgIpc) is 3.37. The highest BCUT2D eigenvalue weighted by molar-refractivity contribution is 7.89. The van der Waals surface area contributed by atoms with Gasteiger partial charge in [-0.25, -0.2) is 13.2 Å². The maximum absolute atomic E-state index is 13.7. The number of rotatable bonds is 8. The van der Waals surface area contributed by atoms with Crippen molar-refractivity contribution in [3.8, 4) is 0 Å². The number of hydrogen-bond donors (Lipinski definition) is 0. The number of ketones is 1. The van der Waals surface area contributed by atoms with E-state index < -0.39 is 27.8 Å². The van der Waals surface area contributed by atoms with Crippen molar-refractivity contribution >= 4 is 21.8 Å². The number of hydrogen-bond acceptors (Lipinski definition) is 6. The molecule has 1 aromatic carbocycles. The van der Waals surface area contributed by atoms with Crippen LogP contribution in [0.1, 0.15) is 50.4 Å². The molecule has 0 saturated carbocycles. The Kier molecular flexibility index (Phi) is 6.94. The van der Waals surface area contributed by atoms with Crippen LogP contribution >= 0.6 is 0 Å². The van der Waals surface area contributed by atoms with E-state index in [4.69, 9.17) is 9.15 Å². The summed E-state index contributed by atoms with van der Waals surface area (Å²) in [5.74, 6) is -0.579. The molecular formula is C24H28N2O6S. The Balaban J connectivity index is 2.09. The summed E-state index contributed by atoms with van der Waals surface area (Å²) in [4.78, 5) is 26.0. The molecule has 33 heavy (non-hydrogen) atoms. The van der Waals surface area contributed by atoms with Crippen molar-refractivity contribution in [2.24, 2.45) is 7.05 Å². The van der Waals surface area contributed by atoms with Crippen LogP contribution in [0, 0.1) is 20.8 Å². The molecule has 0 spiro atoms. The number of nitrogens with zero attached hydrogens (tertiary/aromatic N) is 2. The van der Waals surface area contributed by atoms with E-state index >= 15 is 0 Å². The summed E-state index contributed by atoms with van der Waals surface area (Å²) in [6.45, 7) is 6.66. The van der Waals surface area contributed by atoms with Gasteiger partial charge in [0.25, 0.3) is 0 Å². The van der Waals surface area contributed by atoms with Crippen LogP contribution in [0.25, 0.3) is 0 Å². The van der Waals surface area contributed by atoms with E-state index in [-0.39, 0.29) is 17.1 Å². The van der Waals surface area contributed by atoms with Crippen LogP contribution in [0.4, 0.5) is 0 Å². The van der Waals surface area contributed by atoms with Gasteiger partial charge in [0.1, 0.15) is 11.5 Å². The number of methoxy groups -OCH3 is 1. The molecule has 3 rings (SSSR count). The lowest BCUT2D eigenvalue weighted by Gasteiger charge is -2.27. The number of sulfonamides is 1. The summed E-state index contributed by atoms with van der Waals surface area (Å²) in [6, 6.07) is 8.70. The van der Waals surface area contributed by atoms with Crippen molar-refractivity contribution in [3.63, 3.8) is 0 Å². The van der Waals surface area contributed by atoms with Gasteiger partial charge in [-0.15, -0.1) is 0 Å². The molecule has 0 aliphatic rings. The van der Waals surface area contributed by atoms with Crippen molar-refractivity contribution in [2.45, 2.75) is 45.2 Å². The van der Waals surface area contributed by atoms with Crippen molar-refractivity contribution in [1.82, 2.24) is 8.87 Å². The third-order valence-corrected chi connectivity index (χ3v) is 7.82. The van der Waals surface area contributed by atoms with E-state index in [9.17, 15) is 18.0 Å². The molecule has 3 aromatic rings. The molecule has 0 saturated heterocycles. The van der Waals surface area contributed by atoms with E-state index in [1.807, 2.05) is 6.92 Å². The van der Waals surface area contributed by atoms with Crippen molar-refractivity contribution in [3.05, 3.63) is 76.5 Å². The number of aryl methyl sites for hydroxylation is 1. The molecule has 0 amide bonds. The minimum atomic E-state index is -4.04. The highest BCUT2D eigenvalue weighted by Gasteiger charge is 2.37. The van der Waals surface area contributed by atoms with Crippen LogP contribution in [0.3, 0.4) is 0 Å². The van der Waals surface area contributed by atoms with Gasteiger partial charge in [-0.2, -0.15) is 4.31 Å². The number of carbonyl (C=O) groups is 2. The lowest BCUT2D eigenvalue weighted by Crippen LogP contribution is -2.43. The summed E-state index contributed by atoms with van der Waals surface area (Å²) < 4.78 is 40.1. The topological polar surface area (TPSA) is 98.8 Å². The standard InChI is InChI=1S/C24H28N2O6S/c1-15-9-11-20(12-10-15)33(29,30)26(14-19-8-7-13-32-19)18(4)23(27)21-16(2)22(24(28)31-6)25(5)17(21)3/h7-13,18H,14H2,1-6H3. The summed E-state index contributed by atoms with van der Waals surface area (Å²) in [7, 11) is -1.10. The second kappa shape index (κ2) is 9.36. The fourth-order valence-corrected chi connectivity index (χ4v) is 5.46. The molecule has 176 valence electrons. The van der Waals surface area contributed by atoms with E-state index in [1.165, 1.54) is 25.5 Å². The molecule has 0 N–H and O–H groups in total. The van der Waals surface area contributed by atoms with Gasteiger partial charge in [0.05, 0.1) is 30.9 Å². The molecule has 0 bridgehead atoms. The first-order valence-electron chi connectivity index (χ1n) is 10.4. The van der Waals surface area contributed by atoms with Gasteiger partial charge in [-0.3, -0.25) is 4.79 Å². The minimum Gasteiger partial charge on any atom is -0.468 e. The molecule has 0 fully saturated rings. The van der Waals surface area contributed by atoms with E-state index in [1.54, 1.807) is 56.7 Å². The predicted molar refractivity (Wildman–Crippen MR) is 123 cm³/mol. The highest BCUT2D eigenvalue weighted by atomic mass is 32.2.